The van der Waals surface area contributed by atoms with Gasteiger partial charge in [-0.15, -0.1) is 0 Å². The van der Waals surface area contributed by atoms with Gasteiger partial charge >= 0.3 is 0 Å². The molecule has 1 rings (SSSR count). The molecule has 0 atom stereocenters. The van der Waals surface area contributed by atoms with Crippen LogP contribution in [-0.4, -0.2) is 21.6 Å². The van der Waals surface area contributed by atoms with Gasteiger partial charge in [0, 0.05) is 12.0 Å². The van der Waals surface area contributed by atoms with Crippen molar-refractivity contribution in [3.8, 4) is 0 Å². The summed E-state index contributed by atoms with van der Waals surface area (Å²) in [4.78, 5) is 4.75. The first kappa shape index (κ1) is 14.4. The molecule has 98 valence electrons. The van der Waals surface area contributed by atoms with Gasteiger partial charge in [0.2, 0.25) is 0 Å². The lowest BCUT2D eigenvalue weighted by molar-refractivity contribution is 0.508. The molecule has 0 unspecified atom stereocenters. The number of nitrogens with two attached hydrogens (primary N) is 1. The van der Waals surface area contributed by atoms with Crippen LogP contribution in [-0.2, 0) is 18.4 Å². The minimum absolute atomic E-state index is 0.0574. The van der Waals surface area contributed by atoms with Crippen molar-refractivity contribution in [2.75, 3.05) is 17.7 Å². The van der Waals surface area contributed by atoms with E-state index < -0.39 is 0 Å². The van der Waals surface area contributed by atoms with E-state index in [1.807, 2.05) is 11.8 Å². The summed E-state index contributed by atoms with van der Waals surface area (Å²) in [5, 5.41) is 0. The summed E-state index contributed by atoms with van der Waals surface area (Å²) in [7, 11) is 0. The molecular weight excluding hydrogens is 230 g/mol. The van der Waals surface area contributed by atoms with Crippen LogP contribution in [0.15, 0.2) is 0 Å². The lowest BCUT2D eigenvalue weighted by Gasteiger charge is -2.19. The van der Waals surface area contributed by atoms with Crippen LogP contribution < -0.4 is 5.73 Å². The maximum atomic E-state index is 6.19. The molecule has 4 heteroatoms. The number of nitrogen functional groups attached to an aromatic ring is 1. The summed E-state index contributed by atoms with van der Waals surface area (Å²) in [5.41, 5.74) is 7.32. The zero-order valence-corrected chi connectivity index (χ0v) is 12.5. The Labute approximate surface area is 109 Å². The van der Waals surface area contributed by atoms with Gasteiger partial charge in [0.25, 0.3) is 0 Å². The van der Waals surface area contributed by atoms with E-state index in [9.17, 15) is 0 Å². The van der Waals surface area contributed by atoms with Crippen LogP contribution in [0, 0.1) is 0 Å². The number of aromatic nitrogens is 2. The van der Waals surface area contributed by atoms with Crippen LogP contribution in [0.5, 0.6) is 0 Å². The SMILES string of the molecule is CCn1c(C(C)(C)C)nc(CCCSC)c1N. The summed E-state index contributed by atoms with van der Waals surface area (Å²) in [6.45, 7) is 9.58. The van der Waals surface area contributed by atoms with E-state index in [-0.39, 0.29) is 5.41 Å². The molecule has 17 heavy (non-hydrogen) atoms. The minimum Gasteiger partial charge on any atom is -0.384 e. The molecule has 0 saturated heterocycles. The van der Waals surface area contributed by atoms with Crippen LogP contribution in [0.1, 0.15) is 45.6 Å². The van der Waals surface area contributed by atoms with Gasteiger partial charge in [-0.2, -0.15) is 11.8 Å². The number of rotatable bonds is 5. The van der Waals surface area contributed by atoms with Crippen molar-refractivity contribution in [1.82, 2.24) is 9.55 Å². The third kappa shape index (κ3) is 3.41. The average Bonchev–Trinajstić information content (AvgIpc) is 2.56. The standard InChI is InChI=1S/C13H25N3S/c1-6-16-11(14)10(8-7-9-17-5)15-12(16)13(2,3)4/h6-9,14H2,1-5H3. The van der Waals surface area contributed by atoms with E-state index in [1.165, 1.54) is 5.75 Å². The zero-order valence-electron chi connectivity index (χ0n) is 11.7. The normalized spacial score (nSPS) is 12.1. The van der Waals surface area contributed by atoms with Gasteiger partial charge < -0.3 is 10.3 Å². The molecule has 1 aromatic heterocycles. The molecule has 0 saturated carbocycles. The number of thioether (sulfide) groups is 1. The highest BCUT2D eigenvalue weighted by atomic mass is 32.2. The van der Waals surface area contributed by atoms with E-state index in [1.54, 1.807) is 0 Å². The predicted octanol–water partition coefficient (Wildman–Crippen LogP) is 3.08. The van der Waals surface area contributed by atoms with Crippen molar-refractivity contribution in [3.63, 3.8) is 0 Å². The first-order valence-electron chi connectivity index (χ1n) is 6.26. The molecular formula is C13H25N3S. The highest BCUT2D eigenvalue weighted by Crippen LogP contribution is 2.26. The second-order valence-electron chi connectivity index (χ2n) is 5.36. The Hall–Kier alpha value is -0.640. The summed E-state index contributed by atoms with van der Waals surface area (Å²) in [6, 6.07) is 0. The van der Waals surface area contributed by atoms with Crippen LogP contribution in [0.25, 0.3) is 0 Å². The second kappa shape index (κ2) is 5.80. The van der Waals surface area contributed by atoms with Gasteiger partial charge in [0.15, 0.2) is 0 Å². The van der Waals surface area contributed by atoms with Crippen LogP contribution >= 0.6 is 11.8 Å². The summed E-state index contributed by atoms with van der Waals surface area (Å²) in [5.74, 6) is 3.14. The molecule has 0 spiro atoms. The fraction of sp³-hybridized carbons (Fsp3) is 0.769. The van der Waals surface area contributed by atoms with E-state index >= 15 is 0 Å². The number of nitrogens with zero attached hydrogens (tertiary/aromatic N) is 2. The molecule has 0 bridgehead atoms. The van der Waals surface area contributed by atoms with Gasteiger partial charge in [-0.05, 0) is 31.8 Å². The maximum absolute atomic E-state index is 6.19. The van der Waals surface area contributed by atoms with Crippen LogP contribution in [0.4, 0.5) is 5.82 Å². The highest BCUT2D eigenvalue weighted by molar-refractivity contribution is 7.98. The predicted molar refractivity (Wildman–Crippen MR) is 77.7 cm³/mol. The van der Waals surface area contributed by atoms with Crippen LogP contribution in [0.2, 0.25) is 0 Å². The molecule has 0 aliphatic rings. The lowest BCUT2D eigenvalue weighted by Crippen LogP contribution is -2.19. The Morgan fingerprint density at radius 1 is 1.35 bits per heavy atom. The number of hydrogen-bond donors (Lipinski definition) is 1. The van der Waals surface area contributed by atoms with Crippen molar-refractivity contribution in [3.05, 3.63) is 11.5 Å². The van der Waals surface area contributed by atoms with Gasteiger partial charge in [-0.1, -0.05) is 20.8 Å². The molecule has 1 aromatic rings. The van der Waals surface area contributed by atoms with Crippen molar-refractivity contribution in [2.24, 2.45) is 0 Å². The quantitative estimate of drug-likeness (QED) is 0.822. The summed E-state index contributed by atoms with van der Waals surface area (Å²) in [6.07, 6.45) is 4.27. The third-order valence-electron chi connectivity index (χ3n) is 2.83. The summed E-state index contributed by atoms with van der Waals surface area (Å²) < 4.78 is 2.15. The Morgan fingerprint density at radius 2 is 2.00 bits per heavy atom. The molecule has 2 N–H and O–H groups in total. The first-order valence-corrected chi connectivity index (χ1v) is 7.65. The number of aryl methyl sites for hydroxylation is 1. The fourth-order valence-electron chi connectivity index (χ4n) is 1.98. The number of imidazole rings is 1. The third-order valence-corrected chi connectivity index (χ3v) is 3.53. The van der Waals surface area contributed by atoms with Gasteiger partial charge in [-0.3, -0.25) is 0 Å². The average molecular weight is 255 g/mol. The lowest BCUT2D eigenvalue weighted by atomic mass is 9.96. The molecule has 0 aliphatic carbocycles. The molecule has 1 heterocycles. The smallest absolute Gasteiger partial charge is 0.126 e. The summed E-state index contributed by atoms with van der Waals surface area (Å²) >= 11 is 1.87. The monoisotopic (exact) mass is 255 g/mol. The Balaban J connectivity index is 2.97. The maximum Gasteiger partial charge on any atom is 0.126 e. The largest absolute Gasteiger partial charge is 0.384 e. The number of anilines is 1. The van der Waals surface area contributed by atoms with Gasteiger partial charge in [0.1, 0.15) is 11.6 Å². The van der Waals surface area contributed by atoms with E-state index in [4.69, 9.17) is 10.7 Å². The van der Waals surface area contributed by atoms with Crippen molar-refractivity contribution < 1.29 is 0 Å². The Kier molecular flexibility index (Phi) is 4.92. The first-order chi connectivity index (χ1) is 7.91. The van der Waals surface area contributed by atoms with Crippen molar-refractivity contribution in [1.29, 1.82) is 0 Å². The topological polar surface area (TPSA) is 43.8 Å². The molecule has 0 fully saturated rings. The van der Waals surface area contributed by atoms with Crippen LogP contribution in [0.3, 0.4) is 0 Å². The second-order valence-corrected chi connectivity index (χ2v) is 6.34. The van der Waals surface area contributed by atoms with Crippen molar-refractivity contribution in [2.45, 2.75) is 52.5 Å². The molecule has 3 nitrogen and oxygen atoms in total. The Morgan fingerprint density at radius 3 is 2.41 bits per heavy atom. The minimum atomic E-state index is 0.0574. The number of hydrogen-bond acceptors (Lipinski definition) is 3. The molecule has 0 aliphatic heterocycles. The zero-order chi connectivity index (χ0) is 13.1. The van der Waals surface area contributed by atoms with Gasteiger partial charge in [0.05, 0.1) is 5.69 Å². The van der Waals surface area contributed by atoms with Crippen molar-refractivity contribution >= 4 is 17.6 Å². The van der Waals surface area contributed by atoms with E-state index in [2.05, 4.69) is 38.5 Å². The molecule has 0 amide bonds. The Bertz CT molecular complexity index is 363. The molecule has 0 aromatic carbocycles. The molecule has 0 radical (unpaired) electrons. The highest BCUT2D eigenvalue weighted by Gasteiger charge is 2.23. The van der Waals surface area contributed by atoms with E-state index in [0.29, 0.717) is 0 Å². The fourth-order valence-corrected chi connectivity index (χ4v) is 2.41. The van der Waals surface area contributed by atoms with E-state index in [0.717, 1.165) is 36.7 Å². The van der Waals surface area contributed by atoms with Gasteiger partial charge in [-0.25, -0.2) is 4.98 Å².